The summed E-state index contributed by atoms with van der Waals surface area (Å²) in [6.45, 7) is 9.40. The zero-order valence-electron chi connectivity index (χ0n) is 40.9. The van der Waals surface area contributed by atoms with Crippen LogP contribution in [-0.4, -0.2) is 29.3 Å². The molecule has 0 N–H and O–H groups in total. The number of unbranched alkanes of at least 4 members (excludes halogenated alkanes) is 45. The SMILES string of the molecule is CCCCCCCCCCCCCCCCCCO[SiH](OCCCCCCCCCCCCCCCCCC)OCCCCCCCCCCCCCCCCCC. The minimum Gasteiger partial charge on any atom is -0.376 e. The highest BCUT2D eigenvalue weighted by Gasteiger charge is 2.15. The smallest absolute Gasteiger partial charge is 0.376 e. The van der Waals surface area contributed by atoms with Crippen LogP contribution in [0.1, 0.15) is 329 Å². The first-order chi connectivity index (χ1) is 28.8. The summed E-state index contributed by atoms with van der Waals surface area (Å²) in [6.07, 6.45) is 67.5. The largest absolute Gasteiger partial charge is 0.484 e. The Morgan fingerprint density at radius 2 is 0.293 bits per heavy atom. The normalized spacial score (nSPS) is 11.8. The molecule has 0 aromatic rings. The average molecular weight is 838 g/mol. The average Bonchev–Trinajstić information content (AvgIpc) is 3.23. The zero-order chi connectivity index (χ0) is 41.8. The van der Waals surface area contributed by atoms with Gasteiger partial charge in [0.15, 0.2) is 0 Å². The van der Waals surface area contributed by atoms with Crippen molar-refractivity contribution in [2.75, 3.05) is 19.8 Å². The summed E-state index contributed by atoms with van der Waals surface area (Å²) < 4.78 is 18.9. The summed E-state index contributed by atoms with van der Waals surface area (Å²) in [6, 6.07) is 0. The highest BCUT2D eigenvalue weighted by atomic mass is 28.3. The van der Waals surface area contributed by atoms with Gasteiger partial charge in [-0.2, -0.15) is 0 Å². The van der Waals surface area contributed by atoms with E-state index in [0.29, 0.717) is 0 Å². The molecule has 4 heteroatoms. The molecule has 0 aromatic carbocycles. The first-order valence-corrected chi connectivity index (χ1v) is 29.1. The first-order valence-electron chi connectivity index (χ1n) is 27.7. The van der Waals surface area contributed by atoms with E-state index in [1.54, 1.807) is 0 Å². The van der Waals surface area contributed by atoms with Gasteiger partial charge < -0.3 is 13.3 Å². The van der Waals surface area contributed by atoms with Gasteiger partial charge in [0.1, 0.15) is 0 Å². The van der Waals surface area contributed by atoms with E-state index in [0.717, 1.165) is 39.1 Å². The molecule has 0 spiro atoms. The molecule has 350 valence electrons. The molecule has 0 aliphatic carbocycles. The van der Waals surface area contributed by atoms with Crippen molar-refractivity contribution in [3.8, 4) is 0 Å². The van der Waals surface area contributed by atoms with Crippen LogP contribution in [0.15, 0.2) is 0 Å². The number of hydrogen-bond acceptors (Lipinski definition) is 3. The second kappa shape index (κ2) is 55.1. The Morgan fingerprint density at radius 3 is 0.431 bits per heavy atom. The summed E-state index contributed by atoms with van der Waals surface area (Å²) in [7, 11) is -2.02. The molecule has 0 aliphatic rings. The number of hydrogen-bond donors (Lipinski definition) is 0. The van der Waals surface area contributed by atoms with Crippen LogP contribution >= 0.6 is 0 Å². The van der Waals surface area contributed by atoms with Gasteiger partial charge in [0.25, 0.3) is 0 Å². The van der Waals surface area contributed by atoms with Crippen molar-refractivity contribution in [3.63, 3.8) is 0 Å². The van der Waals surface area contributed by atoms with Gasteiger partial charge in [-0.3, -0.25) is 0 Å². The van der Waals surface area contributed by atoms with Crippen molar-refractivity contribution in [2.24, 2.45) is 0 Å². The van der Waals surface area contributed by atoms with E-state index < -0.39 is 9.53 Å². The lowest BCUT2D eigenvalue weighted by Crippen LogP contribution is -2.28. The number of rotatable bonds is 54. The predicted molar refractivity (Wildman–Crippen MR) is 264 cm³/mol. The third-order valence-corrected chi connectivity index (χ3v) is 14.3. The molecular weight excluding hydrogens is 725 g/mol. The molecule has 3 nitrogen and oxygen atoms in total. The van der Waals surface area contributed by atoms with E-state index in [2.05, 4.69) is 20.8 Å². The van der Waals surface area contributed by atoms with Gasteiger partial charge in [-0.15, -0.1) is 0 Å². The fourth-order valence-electron chi connectivity index (χ4n) is 8.63. The van der Waals surface area contributed by atoms with E-state index in [-0.39, 0.29) is 0 Å². The van der Waals surface area contributed by atoms with Gasteiger partial charge >= 0.3 is 9.53 Å². The first kappa shape index (κ1) is 58.1. The Balaban J connectivity index is 3.95. The van der Waals surface area contributed by atoms with Crippen LogP contribution in [0, 0.1) is 0 Å². The van der Waals surface area contributed by atoms with Crippen molar-refractivity contribution in [2.45, 2.75) is 329 Å². The van der Waals surface area contributed by atoms with Gasteiger partial charge in [-0.25, -0.2) is 0 Å². The van der Waals surface area contributed by atoms with Crippen molar-refractivity contribution in [1.29, 1.82) is 0 Å². The molecule has 0 unspecified atom stereocenters. The molecule has 0 bridgehead atoms. The Labute approximate surface area is 370 Å². The summed E-state index contributed by atoms with van der Waals surface area (Å²) in [5, 5.41) is 0. The molecule has 0 atom stereocenters. The Morgan fingerprint density at radius 1 is 0.172 bits per heavy atom. The van der Waals surface area contributed by atoms with Crippen LogP contribution < -0.4 is 0 Å². The van der Waals surface area contributed by atoms with Gasteiger partial charge in [-0.1, -0.05) is 310 Å². The van der Waals surface area contributed by atoms with Crippen LogP contribution in [0.5, 0.6) is 0 Å². The maximum absolute atomic E-state index is 6.31. The van der Waals surface area contributed by atoms with E-state index >= 15 is 0 Å². The molecule has 0 aliphatic heterocycles. The van der Waals surface area contributed by atoms with Crippen LogP contribution in [0.4, 0.5) is 0 Å². The van der Waals surface area contributed by atoms with Crippen LogP contribution in [0.25, 0.3) is 0 Å². The molecule has 0 rings (SSSR count). The van der Waals surface area contributed by atoms with E-state index in [1.165, 1.54) is 289 Å². The minimum atomic E-state index is -2.02. The van der Waals surface area contributed by atoms with E-state index in [4.69, 9.17) is 13.3 Å². The molecule has 0 amide bonds. The van der Waals surface area contributed by atoms with E-state index in [1.807, 2.05) is 0 Å². The second-order valence-corrected chi connectivity index (χ2v) is 20.4. The lowest BCUT2D eigenvalue weighted by molar-refractivity contribution is 0.0885. The van der Waals surface area contributed by atoms with E-state index in [9.17, 15) is 0 Å². The second-order valence-electron chi connectivity index (χ2n) is 18.8. The highest BCUT2D eigenvalue weighted by molar-refractivity contribution is 6.36. The molecule has 0 fully saturated rings. The van der Waals surface area contributed by atoms with Crippen molar-refractivity contribution >= 4 is 9.53 Å². The topological polar surface area (TPSA) is 27.7 Å². The quantitative estimate of drug-likeness (QED) is 0.0451. The lowest BCUT2D eigenvalue weighted by Gasteiger charge is -2.17. The maximum Gasteiger partial charge on any atom is 0.484 e. The van der Waals surface area contributed by atoms with Crippen LogP contribution in [0.3, 0.4) is 0 Å². The summed E-state index contributed by atoms with van der Waals surface area (Å²) >= 11 is 0. The van der Waals surface area contributed by atoms with Crippen molar-refractivity contribution in [1.82, 2.24) is 0 Å². The highest BCUT2D eigenvalue weighted by Crippen LogP contribution is 2.17. The Kier molecular flexibility index (Phi) is 55.2. The Hall–Kier alpha value is 0.0969. The lowest BCUT2D eigenvalue weighted by atomic mass is 10.0. The molecule has 0 radical (unpaired) electrons. The molecular formula is C54H112O3Si. The molecule has 0 saturated heterocycles. The standard InChI is InChI=1S/C54H112O3Si/c1-4-7-10-13-16-19-22-25-28-31-34-37-40-43-46-49-52-55-58(56-53-50-47-44-41-38-35-32-29-26-23-20-17-14-11-8-5-2)57-54-51-48-45-42-39-36-33-30-27-24-21-18-15-12-9-6-3/h58H,4-54H2,1-3H3. The summed E-state index contributed by atoms with van der Waals surface area (Å²) in [4.78, 5) is 0. The maximum atomic E-state index is 6.31. The Bertz CT molecular complexity index is 599. The summed E-state index contributed by atoms with van der Waals surface area (Å²) in [5.41, 5.74) is 0. The van der Waals surface area contributed by atoms with Crippen LogP contribution in [0.2, 0.25) is 0 Å². The van der Waals surface area contributed by atoms with Gasteiger partial charge in [0, 0.05) is 19.8 Å². The predicted octanol–water partition coefficient (Wildman–Crippen LogP) is 19.5. The fourth-order valence-corrected chi connectivity index (χ4v) is 10.00. The zero-order valence-corrected chi connectivity index (χ0v) is 42.0. The third kappa shape index (κ3) is 52.2. The molecule has 0 aromatic heterocycles. The van der Waals surface area contributed by atoms with Crippen molar-refractivity contribution in [3.05, 3.63) is 0 Å². The van der Waals surface area contributed by atoms with Crippen LogP contribution in [-0.2, 0) is 13.3 Å². The minimum absolute atomic E-state index is 0.827. The summed E-state index contributed by atoms with van der Waals surface area (Å²) in [5.74, 6) is 0. The molecule has 0 heterocycles. The molecule has 0 saturated carbocycles. The molecule has 58 heavy (non-hydrogen) atoms. The van der Waals surface area contributed by atoms with Gasteiger partial charge in [-0.05, 0) is 19.3 Å². The third-order valence-electron chi connectivity index (χ3n) is 12.8. The fraction of sp³-hybridized carbons (Fsp3) is 1.00. The van der Waals surface area contributed by atoms with Crippen molar-refractivity contribution < 1.29 is 13.3 Å². The van der Waals surface area contributed by atoms with Gasteiger partial charge in [0.05, 0.1) is 0 Å². The van der Waals surface area contributed by atoms with Gasteiger partial charge in [0.2, 0.25) is 0 Å². The monoisotopic (exact) mass is 837 g/mol.